The van der Waals surface area contributed by atoms with E-state index < -0.39 is 17.9 Å². The molecule has 2 amide bonds. The molecular weight excluding hydrogens is 278 g/mol. The first-order chi connectivity index (χ1) is 10.6. The molecule has 0 aliphatic carbocycles. The summed E-state index contributed by atoms with van der Waals surface area (Å²) in [5, 5.41) is 3.00. The molecule has 5 nitrogen and oxygen atoms in total. The molecule has 2 aromatic rings. The number of amides is 2. The molecule has 5 heteroatoms. The highest BCUT2D eigenvalue weighted by molar-refractivity contribution is 5.94. The van der Waals surface area contributed by atoms with Crippen LogP contribution < -0.4 is 16.8 Å². The summed E-state index contributed by atoms with van der Waals surface area (Å²) in [6.45, 7) is 0. The Balaban J connectivity index is 2.37. The van der Waals surface area contributed by atoms with Gasteiger partial charge in [-0.3, -0.25) is 9.59 Å². The summed E-state index contributed by atoms with van der Waals surface area (Å²) in [7, 11) is 0. The highest BCUT2D eigenvalue weighted by atomic mass is 16.1. The molecule has 0 saturated carbocycles. The van der Waals surface area contributed by atoms with Crippen LogP contribution in [0, 0.1) is 0 Å². The Morgan fingerprint density at radius 2 is 1.45 bits per heavy atom. The number of benzene rings is 2. The van der Waals surface area contributed by atoms with Crippen LogP contribution in [-0.4, -0.2) is 11.8 Å². The van der Waals surface area contributed by atoms with E-state index in [9.17, 15) is 9.59 Å². The van der Waals surface area contributed by atoms with E-state index in [4.69, 9.17) is 11.5 Å². The third-order valence-electron chi connectivity index (χ3n) is 3.09. The third-order valence-corrected chi connectivity index (χ3v) is 3.09. The summed E-state index contributed by atoms with van der Waals surface area (Å²) < 4.78 is 0. The number of carbonyl (C=O) groups excluding carboxylic acids is 2. The van der Waals surface area contributed by atoms with Crippen molar-refractivity contribution >= 4 is 17.5 Å². The van der Waals surface area contributed by atoms with E-state index >= 15 is 0 Å². The summed E-state index contributed by atoms with van der Waals surface area (Å²) in [6, 6.07) is 17.4. The summed E-state index contributed by atoms with van der Waals surface area (Å²) in [6.07, 6.45) is 1.24. The zero-order valence-electron chi connectivity index (χ0n) is 11.9. The van der Waals surface area contributed by atoms with Gasteiger partial charge in [0.25, 0.3) is 0 Å². The van der Waals surface area contributed by atoms with E-state index in [2.05, 4.69) is 5.32 Å². The van der Waals surface area contributed by atoms with Crippen LogP contribution in [-0.2, 0) is 9.59 Å². The van der Waals surface area contributed by atoms with Gasteiger partial charge in [0.05, 0.1) is 0 Å². The van der Waals surface area contributed by atoms with E-state index in [1.807, 2.05) is 48.5 Å². The Hall–Kier alpha value is -3.08. The van der Waals surface area contributed by atoms with E-state index in [-0.39, 0.29) is 0 Å². The van der Waals surface area contributed by atoms with E-state index in [0.717, 1.165) is 5.56 Å². The number of hydrogen-bond donors (Lipinski definition) is 3. The number of nitrogens with two attached hydrogens (primary N) is 2. The molecule has 5 N–H and O–H groups in total. The van der Waals surface area contributed by atoms with E-state index in [1.54, 1.807) is 12.1 Å². The van der Waals surface area contributed by atoms with E-state index in [1.165, 1.54) is 6.08 Å². The molecule has 0 unspecified atom stereocenters. The zero-order chi connectivity index (χ0) is 15.9. The minimum Gasteiger partial charge on any atom is -0.369 e. The van der Waals surface area contributed by atoms with Crippen LogP contribution in [0.1, 0.15) is 17.2 Å². The fourth-order valence-corrected chi connectivity index (χ4v) is 2.09. The molecule has 0 spiro atoms. The van der Waals surface area contributed by atoms with Gasteiger partial charge >= 0.3 is 0 Å². The lowest BCUT2D eigenvalue weighted by atomic mass is 10.0. The van der Waals surface area contributed by atoms with Gasteiger partial charge in [0.1, 0.15) is 6.04 Å². The summed E-state index contributed by atoms with van der Waals surface area (Å²) >= 11 is 0. The largest absolute Gasteiger partial charge is 0.369 e. The first-order valence-electron chi connectivity index (χ1n) is 6.75. The Morgan fingerprint density at radius 3 is 1.95 bits per heavy atom. The van der Waals surface area contributed by atoms with Gasteiger partial charge in [-0.15, -0.1) is 0 Å². The van der Waals surface area contributed by atoms with Gasteiger partial charge in [-0.2, -0.15) is 0 Å². The monoisotopic (exact) mass is 295 g/mol. The van der Waals surface area contributed by atoms with Crippen molar-refractivity contribution in [1.82, 2.24) is 5.32 Å². The lowest BCUT2D eigenvalue weighted by Gasteiger charge is -2.19. The van der Waals surface area contributed by atoms with Gasteiger partial charge < -0.3 is 16.8 Å². The fraction of sp³-hybridized carbons (Fsp3) is 0.0588. The Bertz CT molecular complexity index is 682. The van der Waals surface area contributed by atoms with Crippen molar-refractivity contribution in [3.8, 4) is 0 Å². The first-order valence-corrected chi connectivity index (χ1v) is 6.75. The maximum Gasteiger partial charge on any atom is 0.244 e. The number of rotatable bonds is 6. The topological polar surface area (TPSA) is 98.2 Å². The molecule has 1 atom stereocenters. The summed E-state index contributed by atoms with van der Waals surface area (Å²) in [4.78, 5) is 23.0. The molecule has 0 aromatic heterocycles. The lowest BCUT2D eigenvalue weighted by Crippen LogP contribution is -2.33. The molecule has 0 heterocycles. The van der Waals surface area contributed by atoms with Crippen LogP contribution in [0.4, 0.5) is 0 Å². The molecule has 0 aliphatic rings. The standard InChI is InChI=1S/C17H17N3O2/c18-15(21)11-14(12-7-3-1-4-8-12)20-16(17(19)22)13-9-5-2-6-10-13/h1-11,16,20H,(H2,18,21)(H2,19,22)/b14-11-/t16-/m0/s1. The second-order valence-electron chi connectivity index (χ2n) is 4.72. The van der Waals surface area contributed by atoms with Crippen molar-refractivity contribution in [3.63, 3.8) is 0 Å². The smallest absolute Gasteiger partial charge is 0.244 e. The maximum atomic E-state index is 11.8. The zero-order valence-corrected chi connectivity index (χ0v) is 11.9. The second kappa shape index (κ2) is 7.08. The lowest BCUT2D eigenvalue weighted by molar-refractivity contribution is -0.120. The average molecular weight is 295 g/mol. The van der Waals surface area contributed by atoms with Gasteiger partial charge in [0, 0.05) is 11.8 Å². The SMILES string of the molecule is NC(=O)/C=C(\N[C@H](C(N)=O)c1ccccc1)c1ccccc1. The van der Waals surface area contributed by atoms with Crippen LogP contribution in [0.5, 0.6) is 0 Å². The Labute approximate surface area is 128 Å². The number of nitrogens with one attached hydrogen (secondary N) is 1. The number of primary amides is 2. The van der Waals surface area contributed by atoms with Crippen LogP contribution in [0.2, 0.25) is 0 Å². The molecule has 0 bridgehead atoms. The minimum atomic E-state index is -0.757. The Morgan fingerprint density at radius 1 is 0.909 bits per heavy atom. The highest BCUT2D eigenvalue weighted by Crippen LogP contribution is 2.19. The van der Waals surface area contributed by atoms with Crippen LogP contribution in [0.25, 0.3) is 5.70 Å². The molecular formula is C17H17N3O2. The van der Waals surface area contributed by atoms with Crippen LogP contribution in [0.3, 0.4) is 0 Å². The molecule has 0 saturated heterocycles. The minimum absolute atomic E-state index is 0.445. The summed E-state index contributed by atoms with van der Waals surface area (Å²) in [5.74, 6) is -1.15. The number of hydrogen-bond acceptors (Lipinski definition) is 3. The van der Waals surface area contributed by atoms with Gasteiger partial charge in [-0.05, 0) is 11.1 Å². The van der Waals surface area contributed by atoms with Gasteiger partial charge in [0.2, 0.25) is 11.8 Å². The first kappa shape index (κ1) is 15.3. The molecule has 2 aromatic carbocycles. The van der Waals surface area contributed by atoms with Crippen molar-refractivity contribution in [2.24, 2.45) is 11.5 Å². The maximum absolute atomic E-state index is 11.8. The fourth-order valence-electron chi connectivity index (χ4n) is 2.09. The van der Waals surface area contributed by atoms with Crippen LogP contribution in [0.15, 0.2) is 66.7 Å². The predicted octanol–water partition coefficient (Wildman–Crippen LogP) is 1.33. The van der Waals surface area contributed by atoms with Crippen LogP contribution >= 0.6 is 0 Å². The van der Waals surface area contributed by atoms with Crippen molar-refractivity contribution in [2.75, 3.05) is 0 Å². The molecule has 0 aliphatic heterocycles. The van der Waals surface area contributed by atoms with Crippen molar-refractivity contribution in [3.05, 3.63) is 77.9 Å². The normalized spacial score (nSPS) is 12.5. The van der Waals surface area contributed by atoms with Gasteiger partial charge in [-0.1, -0.05) is 60.7 Å². The Kier molecular flexibility index (Phi) is 4.93. The molecule has 22 heavy (non-hydrogen) atoms. The number of carbonyl (C=O) groups is 2. The third kappa shape index (κ3) is 3.96. The second-order valence-corrected chi connectivity index (χ2v) is 4.72. The van der Waals surface area contributed by atoms with Crippen molar-refractivity contribution in [1.29, 1.82) is 0 Å². The predicted molar refractivity (Wildman–Crippen MR) is 85.1 cm³/mol. The quantitative estimate of drug-likeness (QED) is 0.701. The molecule has 0 radical (unpaired) electrons. The molecule has 112 valence electrons. The van der Waals surface area contributed by atoms with E-state index in [0.29, 0.717) is 11.3 Å². The molecule has 0 fully saturated rings. The average Bonchev–Trinajstić information content (AvgIpc) is 2.52. The van der Waals surface area contributed by atoms with Crippen molar-refractivity contribution in [2.45, 2.75) is 6.04 Å². The van der Waals surface area contributed by atoms with Crippen molar-refractivity contribution < 1.29 is 9.59 Å². The molecule has 2 rings (SSSR count). The summed E-state index contributed by atoms with van der Waals surface area (Å²) in [5.41, 5.74) is 12.6. The van der Waals surface area contributed by atoms with Gasteiger partial charge in [0.15, 0.2) is 0 Å². The van der Waals surface area contributed by atoms with Gasteiger partial charge in [-0.25, -0.2) is 0 Å². The highest BCUT2D eigenvalue weighted by Gasteiger charge is 2.19.